The Balaban J connectivity index is 2.95. The largest absolute Gasteiger partial charge is 0.342 e. The minimum absolute atomic E-state index is 0.00134. The fraction of sp³-hybridized carbons (Fsp3) is 0.867. The van der Waals surface area contributed by atoms with E-state index >= 15 is 0 Å². The van der Waals surface area contributed by atoms with Crippen LogP contribution in [-0.4, -0.2) is 46.8 Å². The molecule has 2 amide bonds. The molecule has 1 N–H and O–H groups in total. The Kier molecular flexibility index (Phi) is 6.37. The molecule has 0 aromatic carbocycles. The summed E-state index contributed by atoms with van der Waals surface area (Å²) in [5, 5.41) is 3.25. The lowest BCUT2D eigenvalue weighted by atomic mass is 9.93. The van der Waals surface area contributed by atoms with E-state index in [4.69, 9.17) is 0 Å². The van der Waals surface area contributed by atoms with Crippen molar-refractivity contribution < 1.29 is 9.59 Å². The van der Waals surface area contributed by atoms with Crippen LogP contribution in [0.3, 0.4) is 0 Å². The molecule has 0 aromatic heterocycles. The highest BCUT2D eigenvalue weighted by molar-refractivity contribution is 7.99. The maximum atomic E-state index is 12.7. The Labute approximate surface area is 127 Å². The fourth-order valence-corrected chi connectivity index (χ4v) is 2.96. The Morgan fingerprint density at radius 1 is 1.20 bits per heavy atom. The van der Waals surface area contributed by atoms with Gasteiger partial charge < -0.3 is 10.2 Å². The van der Waals surface area contributed by atoms with Crippen molar-refractivity contribution in [1.29, 1.82) is 0 Å². The van der Waals surface area contributed by atoms with E-state index in [1.54, 1.807) is 16.7 Å². The second-order valence-corrected chi connectivity index (χ2v) is 7.69. The van der Waals surface area contributed by atoms with Gasteiger partial charge in [-0.1, -0.05) is 34.6 Å². The summed E-state index contributed by atoms with van der Waals surface area (Å²) >= 11 is 1.72. The number of amides is 2. The standard InChI is InChI=1S/C15H28N2O2S/c1-9(2)7-12-15(19)17(8-11(5)20-6)13(10(3)4)14(18)16-12/h9-13H,7-8H2,1-6H3,(H,16,18). The van der Waals surface area contributed by atoms with Gasteiger partial charge in [0.25, 0.3) is 0 Å². The summed E-state index contributed by atoms with van der Waals surface area (Å²) in [6.07, 6.45) is 2.74. The molecule has 1 aliphatic heterocycles. The van der Waals surface area contributed by atoms with Crippen LogP contribution in [0.25, 0.3) is 0 Å². The highest BCUT2D eigenvalue weighted by atomic mass is 32.2. The van der Waals surface area contributed by atoms with Gasteiger partial charge in [-0.2, -0.15) is 11.8 Å². The van der Waals surface area contributed by atoms with Gasteiger partial charge in [-0.05, 0) is 24.5 Å². The topological polar surface area (TPSA) is 49.4 Å². The fourth-order valence-electron chi connectivity index (χ4n) is 2.65. The normalized spacial score (nSPS) is 25.3. The molecular formula is C15H28N2O2S. The molecule has 1 rings (SSSR count). The van der Waals surface area contributed by atoms with Crippen molar-refractivity contribution in [3.8, 4) is 0 Å². The Morgan fingerprint density at radius 2 is 1.80 bits per heavy atom. The predicted molar refractivity (Wildman–Crippen MR) is 84.7 cm³/mol. The first kappa shape index (κ1) is 17.3. The molecule has 3 unspecified atom stereocenters. The molecule has 116 valence electrons. The zero-order valence-electron chi connectivity index (χ0n) is 13.5. The van der Waals surface area contributed by atoms with Gasteiger partial charge in [0, 0.05) is 11.8 Å². The highest BCUT2D eigenvalue weighted by Crippen LogP contribution is 2.22. The minimum atomic E-state index is -0.355. The number of piperazine rings is 1. The number of rotatable bonds is 6. The summed E-state index contributed by atoms with van der Waals surface area (Å²) in [5.74, 6) is 0.601. The van der Waals surface area contributed by atoms with Crippen molar-refractivity contribution in [2.45, 2.75) is 58.4 Å². The monoisotopic (exact) mass is 300 g/mol. The summed E-state index contributed by atoms with van der Waals surface area (Å²) in [6, 6.07) is -0.688. The number of hydrogen-bond donors (Lipinski definition) is 1. The predicted octanol–water partition coefficient (Wildman–Crippen LogP) is 2.14. The molecule has 0 bridgehead atoms. The maximum Gasteiger partial charge on any atom is 0.245 e. The number of carbonyl (C=O) groups excluding carboxylic acids is 2. The number of nitrogens with one attached hydrogen (secondary N) is 1. The van der Waals surface area contributed by atoms with Gasteiger partial charge in [0.2, 0.25) is 11.8 Å². The molecular weight excluding hydrogens is 272 g/mol. The molecule has 0 radical (unpaired) electrons. The van der Waals surface area contributed by atoms with Gasteiger partial charge in [-0.25, -0.2) is 0 Å². The molecule has 4 nitrogen and oxygen atoms in total. The molecule has 5 heteroatoms. The van der Waals surface area contributed by atoms with E-state index in [0.29, 0.717) is 24.1 Å². The van der Waals surface area contributed by atoms with Crippen LogP contribution in [0.1, 0.15) is 41.0 Å². The molecule has 0 aromatic rings. The molecule has 0 saturated carbocycles. The Bertz CT molecular complexity index is 358. The SMILES string of the molecule is CSC(C)CN1C(=O)C(CC(C)C)NC(=O)C1C(C)C. The smallest absolute Gasteiger partial charge is 0.245 e. The lowest BCUT2D eigenvalue weighted by Gasteiger charge is -2.42. The van der Waals surface area contributed by atoms with Crippen molar-refractivity contribution in [3.05, 3.63) is 0 Å². The van der Waals surface area contributed by atoms with E-state index in [1.165, 1.54) is 0 Å². The van der Waals surface area contributed by atoms with Crippen molar-refractivity contribution in [1.82, 2.24) is 10.2 Å². The molecule has 3 atom stereocenters. The maximum absolute atomic E-state index is 12.7. The number of carbonyl (C=O) groups is 2. The van der Waals surface area contributed by atoms with Gasteiger partial charge in [-0.15, -0.1) is 0 Å². The molecule has 0 aliphatic carbocycles. The lowest BCUT2D eigenvalue weighted by Crippen LogP contribution is -2.65. The summed E-state index contributed by atoms with van der Waals surface area (Å²) in [6.45, 7) is 10.9. The molecule has 20 heavy (non-hydrogen) atoms. The van der Waals surface area contributed by atoms with Crippen LogP contribution in [-0.2, 0) is 9.59 Å². The van der Waals surface area contributed by atoms with E-state index in [0.717, 1.165) is 0 Å². The molecule has 1 saturated heterocycles. The first-order chi connectivity index (χ1) is 9.27. The molecule has 1 aliphatic rings. The summed E-state index contributed by atoms with van der Waals surface area (Å²) in [7, 11) is 0. The first-order valence-corrected chi connectivity index (χ1v) is 8.70. The first-order valence-electron chi connectivity index (χ1n) is 7.41. The third-order valence-electron chi connectivity index (χ3n) is 3.70. The second kappa shape index (κ2) is 7.34. The van der Waals surface area contributed by atoms with E-state index in [1.807, 2.05) is 20.1 Å². The average Bonchev–Trinajstić information content (AvgIpc) is 2.33. The van der Waals surface area contributed by atoms with Gasteiger partial charge in [0.1, 0.15) is 12.1 Å². The third kappa shape index (κ3) is 4.14. The summed E-state index contributed by atoms with van der Waals surface area (Å²) in [5.41, 5.74) is 0. The quantitative estimate of drug-likeness (QED) is 0.817. The van der Waals surface area contributed by atoms with E-state index < -0.39 is 0 Å². The van der Waals surface area contributed by atoms with Crippen molar-refractivity contribution in [2.24, 2.45) is 11.8 Å². The third-order valence-corrected chi connectivity index (χ3v) is 4.65. The number of hydrogen-bond acceptors (Lipinski definition) is 3. The molecule has 1 fully saturated rings. The van der Waals surface area contributed by atoms with Gasteiger partial charge in [-0.3, -0.25) is 9.59 Å². The van der Waals surface area contributed by atoms with Crippen LogP contribution in [0.4, 0.5) is 0 Å². The highest BCUT2D eigenvalue weighted by Gasteiger charge is 2.42. The van der Waals surface area contributed by atoms with Crippen LogP contribution in [0, 0.1) is 11.8 Å². The van der Waals surface area contributed by atoms with Crippen molar-refractivity contribution in [3.63, 3.8) is 0 Å². The zero-order valence-corrected chi connectivity index (χ0v) is 14.3. The average molecular weight is 300 g/mol. The van der Waals surface area contributed by atoms with E-state index in [9.17, 15) is 9.59 Å². The van der Waals surface area contributed by atoms with Gasteiger partial charge >= 0.3 is 0 Å². The van der Waals surface area contributed by atoms with Gasteiger partial charge in [0.05, 0.1) is 0 Å². The Hall–Kier alpha value is -0.710. The molecule has 1 heterocycles. The van der Waals surface area contributed by atoms with Crippen LogP contribution in [0.5, 0.6) is 0 Å². The van der Waals surface area contributed by atoms with Gasteiger partial charge in [0.15, 0.2) is 0 Å². The summed E-state index contributed by atoms with van der Waals surface area (Å²) < 4.78 is 0. The van der Waals surface area contributed by atoms with Crippen LogP contribution in [0.2, 0.25) is 0 Å². The van der Waals surface area contributed by atoms with Crippen LogP contribution in [0.15, 0.2) is 0 Å². The Morgan fingerprint density at radius 3 is 2.25 bits per heavy atom. The number of thioether (sulfide) groups is 1. The zero-order chi connectivity index (χ0) is 15.4. The number of nitrogens with zero attached hydrogens (tertiary/aromatic N) is 1. The lowest BCUT2D eigenvalue weighted by molar-refractivity contribution is -0.151. The second-order valence-electron chi connectivity index (χ2n) is 6.42. The van der Waals surface area contributed by atoms with Crippen LogP contribution >= 0.6 is 11.8 Å². The molecule has 0 spiro atoms. The van der Waals surface area contributed by atoms with E-state index in [-0.39, 0.29) is 29.8 Å². The van der Waals surface area contributed by atoms with E-state index in [2.05, 4.69) is 26.1 Å². The van der Waals surface area contributed by atoms with Crippen molar-refractivity contribution >= 4 is 23.6 Å². The van der Waals surface area contributed by atoms with Crippen molar-refractivity contribution in [2.75, 3.05) is 12.8 Å². The minimum Gasteiger partial charge on any atom is -0.342 e. The van der Waals surface area contributed by atoms with Crippen LogP contribution < -0.4 is 5.32 Å². The summed E-state index contributed by atoms with van der Waals surface area (Å²) in [4.78, 5) is 26.8.